The Kier molecular flexibility index (Phi) is 5.02. The Labute approximate surface area is 130 Å². The lowest BCUT2D eigenvalue weighted by molar-refractivity contribution is 0.0673. The van der Waals surface area contributed by atoms with Crippen LogP contribution in [0.4, 0.5) is 0 Å². The fourth-order valence-electron chi connectivity index (χ4n) is 2.61. The van der Waals surface area contributed by atoms with Gasteiger partial charge in [0.15, 0.2) is 0 Å². The molecule has 0 aromatic carbocycles. The summed E-state index contributed by atoms with van der Waals surface area (Å²) in [4.78, 5) is 18.7. The Morgan fingerprint density at radius 3 is 2.52 bits per heavy atom. The SMILES string of the molecule is CCC(c1ccncc1)N(CC)C(=O)c1cc(Cl)cn1C. The van der Waals surface area contributed by atoms with Crippen LogP contribution < -0.4 is 0 Å². The summed E-state index contributed by atoms with van der Waals surface area (Å²) in [6, 6.07) is 5.68. The van der Waals surface area contributed by atoms with Crippen LogP contribution in [-0.4, -0.2) is 26.9 Å². The smallest absolute Gasteiger partial charge is 0.271 e. The van der Waals surface area contributed by atoms with Crippen molar-refractivity contribution in [1.29, 1.82) is 0 Å². The van der Waals surface area contributed by atoms with Gasteiger partial charge in [-0.15, -0.1) is 0 Å². The number of carbonyl (C=O) groups excluding carboxylic acids is 1. The topological polar surface area (TPSA) is 38.1 Å². The van der Waals surface area contributed by atoms with Crippen LogP contribution in [0.1, 0.15) is 42.4 Å². The second-order valence-corrected chi connectivity index (χ2v) is 5.39. The van der Waals surface area contributed by atoms with Crippen LogP contribution in [0.3, 0.4) is 0 Å². The molecule has 2 aromatic rings. The second-order valence-electron chi connectivity index (χ2n) is 4.95. The predicted octanol–water partition coefficient (Wildman–Crippen LogP) is 3.69. The van der Waals surface area contributed by atoms with E-state index in [4.69, 9.17) is 11.6 Å². The lowest BCUT2D eigenvalue weighted by Crippen LogP contribution is -2.35. The molecule has 1 atom stereocenters. The molecule has 21 heavy (non-hydrogen) atoms. The van der Waals surface area contributed by atoms with Gasteiger partial charge in [0.2, 0.25) is 0 Å². The molecule has 5 heteroatoms. The molecule has 0 aliphatic rings. The molecule has 2 heterocycles. The van der Waals surface area contributed by atoms with Gasteiger partial charge in [0.05, 0.1) is 11.1 Å². The predicted molar refractivity (Wildman–Crippen MR) is 84.4 cm³/mol. The Balaban J connectivity index is 2.33. The van der Waals surface area contributed by atoms with Crippen molar-refractivity contribution >= 4 is 17.5 Å². The van der Waals surface area contributed by atoms with Crippen molar-refractivity contribution < 1.29 is 4.79 Å². The Morgan fingerprint density at radius 1 is 1.38 bits per heavy atom. The third-order valence-corrected chi connectivity index (χ3v) is 3.85. The first kappa shape index (κ1) is 15.6. The van der Waals surface area contributed by atoms with Gasteiger partial charge in [0.1, 0.15) is 5.69 Å². The number of amides is 1. The van der Waals surface area contributed by atoms with Gasteiger partial charge < -0.3 is 9.47 Å². The van der Waals surface area contributed by atoms with Gasteiger partial charge in [-0.05, 0) is 37.1 Å². The Bertz CT molecular complexity index is 609. The van der Waals surface area contributed by atoms with Crippen LogP contribution in [0.2, 0.25) is 5.02 Å². The van der Waals surface area contributed by atoms with E-state index in [0.29, 0.717) is 17.3 Å². The summed E-state index contributed by atoms with van der Waals surface area (Å²) in [7, 11) is 1.83. The lowest BCUT2D eigenvalue weighted by Gasteiger charge is -2.30. The number of aryl methyl sites for hydroxylation is 1. The fraction of sp³-hybridized carbons (Fsp3) is 0.375. The molecule has 0 saturated carbocycles. The van der Waals surface area contributed by atoms with E-state index in [9.17, 15) is 4.79 Å². The van der Waals surface area contributed by atoms with E-state index in [1.54, 1.807) is 29.2 Å². The molecule has 2 aromatic heterocycles. The average Bonchev–Trinajstić information content (AvgIpc) is 2.83. The van der Waals surface area contributed by atoms with Gasteiger partial charge in [-0.2, -0.15) is 0 Å². The number of halogens is 1. The molecule has 0 spiro atoms. The third-order valence-electron chi connectivity index (χ3n) is 3.65. The molecule has 1 unspecified atom stereocenters. The number of hydrogen-bond acceptors (Lipinski definition) is 2. The van der Waals surface area contributed by atoms with E-state index in [-0.39, 0.29) is 11.9 Å². The first-order valence-electron chi connectivity index (χ1n) is 7.11. The highest BCUT2D eigenvalue weighted by molar-refractivity contribution is 6.31. The number of rotatable bonds is 5. The van der Waals surface area contributed by atoms with Crippen molar-refractivity contribution in [2.45, 2.75) is 26.3 Å². The normalized spacial score (nSPS) is 12.2. The Hall–Kier alpha value is -1.81. The summed E-state index contributed by atoms with van der Waals surface area (Å²) in [5.41, 5.74) is 1.71. The summed E-state index contributed by atoms with van der Waals surface area (Å²) in [5, 5.41) is 0.578. The molecule has 0 N–H and O–H groups in total. The van der Waals surface area contributed by atoms with E-state index in [2.05, 4.69) is 11.9 Å². The molecular weight excluding hydrogens is 286 g/mol. The molecule has 1 amide bonds. The minimum Gasteiger partial charge on any atom is -0.345 e. The highest BCUT2D eigenvalue weighted by Crippen LogP contribution is 2.26. The molecule has 0 radical (unpaired) electrons. The van der Waals surface area contributed by atoms with Crippen LogP contribution in [0.25, 0.3) is 0 Å². The average molecular weight is 306 g/mol. The van der Waals surface area contributed by atoms with Gasteiger partial charge >= 0.3 is 0 Å². The monoisotopic (exact) mass is 305 g/mol. The van der Waals surface area contributed by atoms with Crippen molar-refractivity contribution in [2.24, 2.45) is 7.05 Å². The summed E-state index contributed by atoms with van der Waals surface area (Å²) in [5.74, 6) is -0.00411. The zero-order valence-corrected chi connectivity index (χ0v) is 13.3. The summed E-state index contributed by atoms with van der Waals surface area (Å²) < 4.78 is 1.77. The quantitative estimate of drug-likeness (QED) is 0.845. The molecule has 0 fully saturated rings. The first-order valence-corrected chi connectivity index (χ1v) is 7.49. The number of pyridine rings is 1. The van der Waals surface area contributed by atoms with E-state index < -0.39 is 0 Å². The van der Waals surface area contributed by atoms with Gasteiger partial charge in [0.25, 0.3) is 5.91 Å². The summed E-state index contributed by atoms with van der Waals surface area (Å²) in [6.07, 6.45) is 6.11. The van der Waals surface area contributed by atoms with E-state index in [1.807, 2.05) is 31.0 Å². The maximum absolute atomic E-state index is 12.8. The first-order chi connectivity index (χ1) is 10.1. The number of hydrogen-bond donors (Lipinski definition) is 0. The van der Waals surface area contributed by atoms with Crippen molar-refractivity contribution in [3.63, 3.8) is 0 Å². The lowest BCUT2D eigenvalue weighted by atomic mass is 10.0. The summed E-state index contributed by atoms with van der Waals surface area (Å²) in [6.45, 7) is 4.72. The molecule has 0 bridgehead atoms. The largest absolute Gasteiger partial charge is 0.345 e. The maximum Gasteiger partial charge on any atom is 0.271 e. The van der Waals surface area contributed by atoms with Crippen molar-refractivity contribution in [2.75, 3.05) is 6.54 Å². The minimum atomic E-state index is -0.00411. The second kappa shape index (κ2) is 6.76. The van der Waals surface area contributed by atoms with Crippen LogP contribution >= 0.6 is 11.6 Å². The zero-order valence-electron chi connectivity index (χ0n) is 12.6. The number of aromatic nitrogens is 2. The zero-order chi connectivity index (χ0) is 15.4. The molecule has 0 aliphatic heterocycles. The van der Waals surface area contributed by atoms with E-state index in [0.717, 1.165) is 12.0 Å². The highest BCUT2D eigenvalue weighted by Gasteiger charge is 2.25. The Morgan fingerprint density at radius 2 is 2.05 bits per heavy atom. The number of carbonyl (C=O) groups is 1. The maximum atomic E-state index is 12.8. The molecule has 0 saturated heterocycles. The summed E-state index contributed by atoms with van der Waals surface area (Å²) >= 11 is 5.99. The molecule has 0 aliphatic carbocycles. The van der Waals surface area contributed by atoms with Gasteiger partial charge in [-0.1, -0.05) is 18.5 Å². The molecular formula is C16H20ClN3O. The van der Waals surface area contributed by atoms with Crippen LogP contribution in [0, 0.1) is 0 Å². The van der Waals surface area contributed by atoms with Crippen LogP contribution in [0.15, 0.2) is 36.8 Å². The molecule has 2 rings (SSSR count). The van der Waals surface area contributed by atoms with Gasteiger partial charge in [-0.3, -0.25) is 9.78 Å². The van der Waals surface area contributed by atoms with Gasteiger partial charge in [-0.25, -0.2) is 0 Å². The number of nitrogens with zero attached hydrogens (tertiary/aromatic N) is 3. The highest BCUT2D eigenvalue weighted by atomic mass is 35.5. The molecule has 112 valence electrons. The standard InChI is InChI=1S/C16H20ClN3O/c1-4-14(12-6-8-18-9-7-12)20(5-2)16(21)15-10-13(17)11-19(15)3/h6-11,14H,4-5H2,1-3H3. The van der Waals surface area contributed by atoms with Gasteiger partial charge in [0, 0.05) is 32.2 Å². The van der Waals surface area contributed by atoms with Crippen LogP contribution in [0.5, 0.6) is 0 Å². The van der Waals surface area contributed by atoms with E-state index in [1.165, 1.54) is 0 Å². The van der Waals surface area contributed by atoms with Crippen LogP contribution in [-0.2, 0) is 7.05 Å². The minimum absolute atomic E-state index is 0.00411. The van der Waals surface area contributed by atoms with Crippen molar-refractivity contribution in [3.8, 4) is 0 Å². The molecule has 4 nitrogen and oxygen atoms in total. The fourth-order valence-corrected chi connectivity index (χ4v) is 2.86. The van der Waals surface area contributed by atoms with Crippen molar-refractivity contribution in [1.82, 2.24) is 14.5 Å². The third kappa shape index (κ3) is 3.27. The van der Waals surface area contributed by atoms with E-state index >= 15 is 0 Å². The van der Waals surface area contributed by atoms with Crippen molar-refractivity contribution in [3.05, 3.63) is 53.1 Å².